The predicted molar refractivity (Wildman–Crippen MR) is 123 cm³/mol. The minimum Gasteiger partial charge on any atom is -0.444 e. The van der Waals surface area contributed by atoms with E-state index in [1.807, 2.05) is 6.07 Å². The number of nitrogens with one attached hydrogen (secondary N) is 1. The summed E-state index contributed by atoms with van der Waals surface area (Å²) in [5.74, 6) is -1.45. The zero-order valence-corrected chi connectivity index (χ0v) is 19.6. The van der Waals surface area contributed by atoms with Crippen LogP contribution in [0.5, 0.6) is 5.75 Å². The van der Waals surface area contributed by atoms with Gasteiger partial charge in [0, 0.05) is 12.0 Å². The fraction of sp³-hybridized carbons (Fsp3) is 0.318. The number of amides is 3. The molecule has 0 radical (unpaired) electrons. The molecule has 10 nitrogen and oxygen atoms in total. The number of ether oxygens (including phenoxy) is 2. The third-order valence-corrected chi connectivity index (χ3v) is 4.56. The van der Waals surface area contributed by atoms with Gasteiger partial charge in [-0.1, -0.05) is 19.1 Å². The zero-order chi connectivity index (χ0) is 25.2. The Bertz CT molecular complexity index is 1070. The number of thiophene rings is 1. The Labute approximate surface area is 195 Å². The molecule has 1 aromatic carbocycles. The van der Waals surface area contributed by atoms with Gasteiger partial charge in [0.15, 0.2) is 5.75 Å². The van der Waals surface area contributed by atoms with Gasteiger partial charge < -0.3 is 20.9 Å². The number of carbonyl (C=O) groups excluding carboxylic acids is 4. The van der Waals surface area contributed by atoms with Crippen molar-refractivity contribution in [1.29, 1.82) is 5.26 Å². The maximum absolute atomic E-state index is 11.9. The highest BCUT2D eigenvalue weighted by molar-refractivity contribution is 7.14. The van der Waals surface area contributed by atoms with E-state index in [9.17, 15) is 19.2 Å². The van der Waals surface area contributed by atoms with E-state index in [2.05, 4.69) is 5.32 Å². The molecule has 2 rings (SSSR count). The van der Waals surface area contributed by atoms with Crippen molar-refractivity contribution >= 4 is 40.9 Å². The van der Waals surface area contributed by atoms with Crippen molar-refractivity contribution in [3.05, 3.63) is 45.6 Å². The molecule has 5 N–H and O–H groups in total. The molecule has 2 aromatic rings. The Morgan fingerprint density at radius 1 is 1.12 bits per heavy atom. The lowest BCUT2D eigenvalue weighted by Gasteiger charge is -2.21. The molecular formula is C22H26N4O6S. The summed E-state index contributed by atoms with van der Waals surface area (Å²) in [6.07, 6.45) is -0.657. The van der Waals surface area contributed by atoms with Crippen molar-refractivity contribution in [2.45, 2.75) is 46.1 Å². The maximum atomic E-state index is 11.9. The quantitative estimate of drug-likeness (QED) is 0.426. The molecule has 176 valence electrons. The first kappa shape index (κ1) is 27.1. The molecule has 0 aliphatic heterocycles. The fourth-order valence-electron chi connectivity index (χ4n) is 2.26. The lowest BCUT2D eigenvalue weighted by Crippen LogP contribution is -2.27. The second-order valence-corrected chi connectivity index (χ2v) is 8.62. The van der Waals surface area contributed by atoms with E-state index < -0.39 is 29.5 Å². The number of rotatable bonds is 6. The van der Waals surface area contributed by atoms with Crippen LogP contribution in [0.1, 0.15) is 54.2 Å². The number of para-hydroxylation sites is 1. The molecule has 0 saturated heterocycles. The van der Waals surface area contributed by atoms with Crippen LogP contribution in [0.25, 0.3) is 0 Å². The van der Waals surface area contributed by atoms with Crippen LogP contribution in [0, 0.1) is 11.3 Å². The summed E-state index contributed by atoms with van der Waals surface area (Å²) in [5, 5.41) is 10.9. The first-order valence-corrected chi connectivity index (χ1v) is 10.6. The van der Waals surface area contributed by atoms with E-state index in [1.165, 1.54) is 0 Å². The van der Waals surface area contributed by atoms with Gasteiger partial charge in [-0.05, 0) is 39.0 Å². The molecule has 0 saturated carbocycles. The van der Waals surface area contributed by atoms with Crippen LogP contribution in [0.15, 0.2) is 30.3 Å². The molecule has 0 aliphatic rings. The Balaban J connectivity index is 0.000000451. The number of nitrogens with two attached hydrogens (primary N) is 2. The molecular weight excluding hydrogens is 448 g/mol. The first-order valence-electron chi connectivity index (χ1n) is 9.76. The molecule has 0 fully saturated rings. The number of nitriles is 1. The minimum absolute atomic E-state index is 0.101. The van der Waals surface area contributed by atoms with Crippen molar-refractivity contribution in [3.8, 4) is 11.8 Å². The van der Waals surface area contributed by atoms with Crippen molar-refractivity contribution in [2.24, 2.45) is 11.5 Å². The summed E-state index contributed by atoms with van der Waals surface area (Å²) >= 11 is 1.11. The highest BCUT2D eigenvalue weighted by Gasteiger charge is 2.20. The highest BCUT2D eigenvalue weighted by Crippen LogP contribution is 2.30. The van der Waals surface area contributed by atoms with E-state index in [4.69, 9.17) is 26.2 Å². The largest absolute Gasteiger partial charge is 0.444 e. The zero-order valence-electron chi connectivity index (χ0n) is 18.8. The number of carbonyl (C=O) groups is 4. The molecule has 11 heteroatoms. The maximum Gasteiger partial charge on any atom is 0.412 e. The van der Waals surface area contributed by atoms with Gasteiger partial charge in [0.05, 0.1) is 17.0 Å². The summed E-state index contributed by atoms with van der Waals surface area (Å²) in [7, 11) is 0. The third-order valence-electron chi connectivity index (χ3n) is 3.56. The standard InChI is InChI=1S/C16H22N2O5.C6H4N2OS/c1-5-13(20)22-14-10(9-12(17)19)7-6-8-11(14)18-15(21)23-16(2,3)4;7-3-4-1-2-5(10-4)6(8)9/h6-8H,5,9H2,1-4H3,(H2,17,19)(H,18,21);1-2H,(H2,8,9). The van der Waals surface area contributed by atoms with Crippen LogP contribution in [0.4, 0.5) is 10.5 Å². The van der Waals surface area contributed by atoms with Gasteiger partial charge in [0.25, 0.3) is 5.91 Å². The summed E-state index contributed by atoms with van der Waals surface area (Å²) < 4.78 is 10.4. The molecule has 0 spiro atoms. The summed E-state index contributed by atoms with van der Waals surface area (Å²) in [6, 6.07) is 9.80. The Hall–Kier alpha value is -3.91. The Morgan fingerprint density at radius 2 is 1.79 bits per heavy atom. The summed E-state index contributed by atoms with van der Waals surface area (Å²) in [4.78, 5) is 46.1. The monoisotopic (exact) mass is 474 g/mol. The summed E-state index contributed by atoms with van der Waals surface area (Å²) in [6.45, 7) is 6.83. The molecule has 0 bridgehead atoms. The van der Waals surface area contributed by atoms with Crippen molar-refractivity contribution < 1.29 is 28.7 Å². The first-order chi connectivity index (χ1) is 15.4. The average molecular weight is 475 g/mol. The van der Waals surface area contributed by atoms with Crippen LogP contribution >= 0.6 is 11.3 Å². The van der Waals surface area contributed by atoms with Gasteiger partial charge in [-0.3, -0.25) is 19.7 Å². The second kappa shape index (κ2) is 12.2. The SMILES string of the molecule is CCC(=O)Oc1c(CC(N)=O)cccc1NC(=O)OC(C)(C)C.N#Cc1ccc(C(N)=O)s1. The second-order valence-electron chi connectivity index (χ2n) is 7.53. The topological polar surface area (TPSA) is 175 Å². The van der Waals surface area contributed by atoms with Crippen molar-refractivity contribution in [1.82, 2.24) is 0 Å². The van der Waals surface area contributed by atoms with Crippen LogP contribution < -0.4 is 21.5 Å². The highest BCUT2D eigenvalue weighted by atomic mass is 32.1. The lowest BCUT2D eigenvalue weighted by atomic mass is 10.1. The van der Waals surface area contributed by atoms with Gasteiger partial charge in [-0.2, -0.15) is 5.26 Å². The van der Waals surface area contributed by atoms with Gasteiger partial charge in [-0.15, -0.1) is 11.3 Å². The van der Waals surface area contributed by atoms with E-state index >= 15 is 0 Å². The predicted octanol–water partition coefficient (Wildman–Crippen LogP) is 3.10. The number of hydrogen-bond donors (Lipinski definition) is 3. The van der Waals surface area contributed by atoms with Crippen molar-refractivity contribution in [3.63, 3.8) is 0 Å². The average Bonchev–Trinajstić information content (AvgIpc) is 3.18. The molecule has 1 heterocycles. The fourth-order valence-corrected chi connectivity index (χ4v) is 2.92. The number of anilines is 1. The van der Waals surface area contributed by atoms with E-state index in [0.717, 1.165) is 11.3 Å². The van der Waals surface area contributed by atoms with E-state index in [-0.39, 0.29) is 24.3 Å². The Morgan fingerprint density at radius 3 is 2.24 bits per heavy atom. The number of primary amides is 2. The van der Waals surface area contributed by atoms with Crippen LogP contribution in [0.2, 0.25) is 0 Å². The molecule has 0 aliphatic carbocycles. The smallest absolute Gasteiger partial charge is 0.412 e. The number of esters is 1. The minimum atomic E-state index is -0.692. The molecule has 0 unspecified atom stereocenters. The Kier molecular flexibility index (Phi) is 10.0. The summed E-state index contributed by atoms with van der Waals surface area (Å²) in [5.41, 5.74) is 10.1. The normalized spacial score (nSPS) is 10.2. The lowest BCUT2D eigenvalue weighted by molar-refractivity contribution is -0.134. The number of benzene rings is 1. The third kappa shape index (κ3) is 9.84. The molecule has 0 atom stereocenters. The van der Waals surface area contributed by atoms with Gasteiger partial charge >= 0.3 is 12.1 Å². The van der Waals surface area contributed by atoms with Crippen molar-refractivity contribution in [2.75, 3.05) is 5.32 Å². The number of nitrogens with zero attached hydrogens (tertiary/aromatic N) is 1. The van der Waals surface area contributed by atoms with Gasteiger partial charge in [0.1, 0.15) is 16.5 Å². The molecule has 33 heavy (non-hydrogen) atoms. The van der Waals surface area contributed by atoms with Crippen LogP contribution in [-0.2, 0) is 20.7 Å². The van der Waals surface area contributed by atoms with Gasteiger partial charge in [-0.25, -0.2) is 4.79 Å². The number of hydrogen-bond acceptors (Lipinski definition) is 8. The van der Waals surface area contributed by atoms with Gasteiger partial charge in [0.2, 0.25) is 5.91 Å². The molecule has 3 amide bonds. The van der Waals surface area contributed by atoms with E-state index in [0.29, 0.717) is 15.3 Å². The molecule has 1 aromatic heterocycles. The van der Waals surface area contributed by atoms with Crippen LogP contribution in [-0.4, -0.2) is 29.5 Å². The van der Waals surface area contributed by atoms with E-state index in [1.54, 1.807) is 58.0 Å². The van der Waals surface area contributed by atoms with Crippen LogP contribution in [0.3, 0.4) is 0 Å².